The fourth-order valence-electron chi connectivity index (χ4n) is 3.95. The highest BCUT2D eigenvalue weighted by molar-refractivity contribution is 7.89. The van der Waals surface area contributed by atoms with Gasteiger partial charge in [-0.3, -0.25) is 9.69 Å². The Labute approximate surface area is 188 Å². The van der Waals surface area contributed by atoms with Gasteiger partial charge in [-0.15, -0.1) is 0 Å². The molecule has 0 spiro atoms. The van der Waals surface area contributed by atoms with Crippen molar-refractivity contribution >= 4 is 38.6 Å². The Morgan fingerprint density at radius 1 is 0.969 bits per heavy atom. The first kappa shape index (κ1) is 22.2. The van der Waals surface area contributed by atoms with Crippen LogP contribution in [0.5, 0.6) is 0 Å². The first-order valence-electron chi connectivity index (χ1n) is 10.8. The van der Waals surface area contributed by atoms with E-state index in [0.717, 1.165) is 18.5 Å². The van der Waals surface area contributed by atoms with Crippen molar-refractivity contribution in [2.75, 3.05) is 43.0 Å². The summed E-state index contributed by atoms with van der Waals surface area (Å²) in [4.78, 5) is 26.8. The average molecular weight is 454 g/mol. The summed E-state index contributed by atoms with van der Waals surface area (Å²) in [6.07, 6.45) is 0.744. The number of carbonyl (C=O) groups is 1. The highest BCUT2D eigenvalue weighted by atomic mass is 32.2. The zero-order chi connectivity index (χ0) is 22.9. The predicted octanol–water partition coefficient (Wildman–Crippen LogP) is 3.15. The topological polar surface area (TPSA) is 86.7 Å². The molecular weight excluding hydrogens is 426 g/mol. The van der Waals surface area contributed by atoms with Crippen LogP contribution in [0.3, 0.4) is 0 Å². The van der Waals surface area contributed by atoms with Crippen molar-refractivity contribution in [3.05, 3.63) is 54.1 Å². The zero-order valence-corrected chi connectivity index (χ0v) is 19.3. The normalized spacial score (nSPS) is 14.5. The largest absolute Gasteiger partial charge is 0.357 e. The van der Waals surface area contributed by atoms with Gasteiger partial charge in [0.15, 0.2) is 11.6 Å². The van der Waals surface area contributed by atoms with E-state index >= 15 is 0 Å². The second-order valence-electron chi connectivity index (χ2n) is 7.71. The van der Waals surface area contributed by atoms with Crippen LogP contribution in [-0.2, 0) is 10.0 Å². The first-order chi connectivity index (χ1) is 15.4. The minimum Gasteiger partial charge on any atom is -0.357 e. The number of benzene rings is 2. The summed E-state index contributed by atoms with van der Waals surface area (Å²) in [6.45, 7) is 5.53. The van der Waals surface area contributed by atoms with Crippen molar-refractivity contribution in [2.45, 2.75) is 25.2 Å². The average Bonchev–Trinajstić information content (AvgIpc) is 2.96. The van der Waals surface area contributed by atoms with Gasteiger partial charge < -0.3 is 4.90 Å². The van der Waals surface area contributed by atoms with Gasteiger partial charge in [0.2, 0.25) is 10.0 Å². The maximum Gasteiger partial charge on any atom is 0.259 e. The second-order valence-corrected chi connectivity index (χ2v) is 9.65. The van der Waals surface area contributed by atoms with Gasteiger partial charge in [-0.1, -0.05) is 32.0 Å². The number of fused-ring (bicyclic) bond motifs is 2. The van der Waals surface area contributed by atoms with Crippen LogP contribution < -0.4 is 9.80 Å². The van der Waals surface area contributed by atoms with Crippen molar-refractivity contribution in [1.29, 1.82) is 0 Å². The summed E-state index contributed by atoms with van der Waals surface area (Å²) in [6, 6.07) is 13.8. The molecule has 0 radical (unpaired) electrons. The van der Waals surface area contributed by atoms with Crippen LogP contribution in [0.1, 0.15) is 30.6 Å². The summed E-state index contributed by atoms with van der Waals surface area (Å²) in [5, 5.41) is 0. The molecule has 0 N–H and O–H groups in total. The van der Waals surface area contributed by atoms with Gasteiger partial charge >= 0.3 is 0 Å². The minimum absolute atomic E-state index is 0.115. The van der Waals surface area contributed by atoms with E-state index in [9.17, 15) is 13.2 Å². The Bertz CT molecular complexity index is 1260. The molecule has 0 aliphatic carbocycles. The third kappa shape index (κ3) is 3.93. The molecule has 0 atom stereocenters. The number of amides is 1. The lowest BCUT2D eigenvalue weighted by Gasteiger charge is -2.23. The summed E-state index contributed by atoms with van der Waals surface area (Å²) in [5.41, 5.74) is 1.78. The molecule has 8 nitrogen and oxygen atoms in total. The SMILES string of the molecule is CCN(CC)S(=O)(=O)c1cccc(C(=O)N2CCCN(C)c3nc4ccccc4nc32)c1. The van der Waals surface area contributed by atoms with Gasteiger partial charge in [0, 0.05) is 38.8 Å². The molecule has 9 heteroatoms. The molecule has 2 aromatic carbocycles. The standard InChI is InChI=1S/C23H27N5O3S/c1-4-27(5-2)32(30,31)18-11-8-10-17(16-18)23(29)28-15-9-14-26(3)21-22(28)25-20-13-7-6-12-19(20)24-21/h6-8,10-13,16H,4-5,9,14-15H2,1-3H3. The highest BCUT2D eigenvalue weighted by Gasteiger charge is 2.29. The van der Waals surface area contributed by atoms with Gasteiger partial charge in [0.05, 0.1) is 15.9 Å². The van der Waals surface area contributed by atoms with Crippen LogP contribution in [0.4, 0.5) is 11.6 Å². The monoisotopic (exact) mass is 453 g/mol. The van der Waals surface area contributed by atoms with Crippen molar-refractivity contribution in [3.8, 4) is 0 Å². The number of hydrogen-bond acceptors (Lipinski definition) is 6. The molecule has 0 fully saturated rings. The lowest BCUT2D eigenvalue weighted by Crippen LogP contribution is -2.33. The molecule has 0 saturated carbocycles. The van der Waals surface area contributed by atoms with Crippen molar-refractivity contribution < 1.29 is 13.2 Å². The molecule has 2 heterocycles. The number of rotatable bonds is 5. The van der Waals surface area contributed by atoms with E-state index in [1.807, 2.05) is 36.2 Å². The van der Waals surface area contributed by atoms with Crippen LogP contribution in [0.25, 0.3) is 11.0 Å². The Morgan fingerprint density at radius 3 is 2.28 bits per heavy atom. The number of nitrogens with zero attached hydrogens (tertiary/aromatic N) is 5. The number of aromatic nitrogens is 2. The maximum atomic E-state index is 13.6. The first-order valence-corrected chi connectivity index (χ1v) is 12.2. The lowest BCUT2D eigenvalue weighted by molar-refractivity contribution is 0.0986. The number of hydrogen-bond donors (Lipinski definition) is 0. The van der Waals surface area contributed by atoms with Gasteiger partial charge in [0.25, 0.3) is 5.91 Å². The molecule has 0 unspecified atom stereocenters. The smallest absolute Gasteiger partial charge is 0.259 e. The molecule has 1 amide bonds. The Hall–Kier alpha value is -3.04. The lowest BCUT2D eigenvalue weighted by atomic mass is 10.2. The fraction of sp³-hybridized carbons (Fsp3) is 0.348. The Kier molecular flexibility index (Phi) is 6.12. The summed E-state index contributed by atoms with van der Waals surface area (Å²) in [7, 11) is -1.73. The van der Waals surface area contributed by atoms with E-state index in [2.05, 4.69) is 0 Å². The zero-order valence-electron chi connectivity index (χ0n) is 18.5. The van der Waals surface area contributed by atoms with E-state index < -0.39 is 10.0 Å². The van der Waals surface area contributed by atoms with Crippen molar-refractivity contribution in [3.63, 3.8) is 0 Å². The highest BCUT2D eigenvalue weighted by Crippen LogP contribution is 2.31. The molecule has 1 aromatic heterocycles. The van der Waals surface area contributed by atoms with Gasteiger partial charge in [-0.25, -0.2) is 18.4 Å². The van der Waals surface area contributed by atoms with Crippen LogP contribution in [0, 0.1) is 0 Å². The van der Waals surface area contributed by atoms with Crippen molar-refractivity contribution in [1.82, 2.24) is 14.3 Å². The van der Waals surface area contributed by atoms with E-state index in [4.69, 9.17) is 9.97 Å². The summed E-state index contributed by atoms with van der Waals surface area (Å²) >= 11 is 0. The van der Waals surface area contributed by atoms with Crippen LogP contribution in [-0.4, -0.2) is 61.8 Å². The fourth-order valence-corrected chi connectivity index (χ4v) is 5.46. The van der Waals surface area contributed by atoms with E-state index in [-0.39, 0.29) is 10.8 Å². The number of sulfonamides is 1. The Balaban J connectivity index is 1.77. The number of carbonyl (C=O) groups excluding carboxylic acids is 1. The maximum absolute atomic E-state index is 13.6. The number of para-hydroxylation sites is 2. The molecule has 32 heavy (non-hydrogen) atoms. The molecular formula is C23H27N5O3S. The van der Waals surface area contributed by atoms with Crippen LogP contribution in [0.2, 0.25) is 0 Å². The Morgan fingerprint density at radius 2 is 1.62 bits per heavy atom. The molecule has 1 aliphatic rings. The molecule has 4 rings (SSSR count). The third-order valence-electron chi connectivity index (χ3n) is 5.70. The van der Waals surface area contributed by atoms with E-state index in [1.165, 1.54) is 16.4 Å². The van der Waals surface area contributed by atoms with Gasteiger partial charge in [0.1, 0.15) is 0 Å². The number of anilines is 2. The molecule has 168 valence electrons. The van der Waals surface area contributed by atoms with E-state index in [1.54, 1.807) is 30.9 Å². The van der Waals surface area contributed by atoms with E-state index in [0.29, 0.717) is 42.4 Å². The quantitative estimate of drug-likeness (QED) is 0.590. The van der Waals surface area contributed by atoms with Crippen LogP contribution >= 0.6 is 0 Å². The van der Waals surface area contributed by atoms with Crippen LogP contribution in [0.15, 0.2) is 53.4 Å². The van der Waals surface area contributed by atoms with Gasteiger partial charge in [-0.2, -0.15) is 4.31 Å². The minimum atomic E-state index is -3.67. The molecule has 0 saturated heterocycles. The summed E-state index contributed by atoms with van der Waals surface area (Å²) in [5.74, 6) is 0.842. The van der Waals surface area contributed by atoms with Gasteiger partial charge in [-0.05, 0) is 36.8 Å². The predicted molar refractivity (Wildman–Crippen MR) is 126 cm³/mol. The summed E-state index contributed by atoms with van der Waals surface area (Å²) < 4.78 is 27.3. The third-order valence-corrected chi connectivity index (χ3v) is 7.74. The molecule has 1 aliphatic heterocycles. The second kappa shape index (κ2) is 8.84. The van der Waals surface area contributed by atoms with Crippen molar-refractivity contribution in [2.24, 2.45) is 0 Å². The molecule has 3 aromatic rings. The molecule has 0 bridgehead atoms.